The first-order chi connectivity index (χ1) is 17.3. The number of amides is 4. The number of aryl methyl sites for hydroxylation is 1. The first-order valence-electron chi connectivity index (χ1n) is 13.0. The number of nitrogens with two attached hydrogens (primary N) is 1. The molecule has 8 nitrogen and oxygen atoms in total. The number of hydrogen-bond donors (Lipinski definition) is 2. The Morgan fingerprint density at radius 2 is 1.92 bits per heavy atom. The van der Waals surface area contributed by atoms with Gasteiger partial charge in [0.05, 0.1) is 5.92 Å². The molecule has 3 atom stereocenters. The molecule has 2 aliphatic rings. The number of imide groups is 1. The second-order valence-electron chi connectivity index (χ2n) is 10.1. The molecule has 3 N–H and O–H groups in total. The number of likely N-dealkylation sites (tertiary alicyclic amines) is 1. The minimum Gasteiger partial charge on any atom is -0.384 e. The third-order valence-corrected chi connectivity index (χ3v) is 7.76. The molecule has 8 heteroatoms. The highest BCUT2D eigenvalue weighted by molar-refractivity contribution is 6.12. The Hall–Kier alpha value is -3.42. The van der Waals surface area contributed by atoms with E-state index in [0.717, 1.165) is 41.0 Å². The Kier molecular flexibility index (Phi) is 7.91. The van der Waals surface area contributed by atoms with Gasteiger partial charge in [-0.25, -0.2) is 9.78 Å². The van der Waals surface area contributed by atoms with Crippen LogP contribution in [0.15, 0.2) is 42.6 Å². The van der Waals surface area contributed by atoms with Crippen molar-refractivity contribution in [1.29, 1.82) is 0 Å². The van der Waals surface area contributed by atoms with E-state index in [1.54, 1.807) is 30.3 Å². The molecule has 1 aromatic carbocycles. The summed E-state index contributed by atoms with van der Waals surface area (Å²) >= 11 is 0. The summed E-state index contributed by atoms with van der Waals surface area (Å²) in [5.41, 5.74) is 8.34. The molecule has 4 rings (SSSR count). The van der Waals surface area contributed by atoms with Gasteiger partial charge in [0, 0.05) is 25.0 Å². The molecule has 4 amide bonds. The summed E-state index contributed by atoms with van der Waals surface area (Å²) in [6, 6.07) is 9.71. The van der Waals surface area contributed by atoms with Crippen LogP contribution >= 0.6 is 0 Å². The van der Waals surface area contributed by atoms with Gasteiger partial charge in [-0.15, -0.1) is 0 Å². The molecule has 1 saturated heterocycles. The van der Waals surface area contributed by atoms with Crippen molar-refractivity contribution in [3.8, 4) is 0 Å². The monoisotopic (exact) mass is 491 g/mol. The van der Waals surface area contributed by atoms with E-state index < -0.39 is 18.0 Å². The van der Waals surface area contributed by atoms with E-state index in [-0.39, 0.29) is 17.9 Å². The van der Waals surface area contributed by atoms with Gasteiger partial charge in [0.2, 0.25) is 5.91 Å². The average molecular weight is 492 g/mol. The SMILES string of the molecule is CC[C@@H](NC(=O)N1C(=O)C(Cc2ccnc(N)c2)[C@H]1C(=O)N(C)c1ccccc1C)C1CCCCC1. The highest BCUT2D eigenvalue weighted by Gasteiger charge is 2.55. The number of carbonyl (C=O) groups is 3. The van der Waals surface area contributed by atoms with Gasteiger partial charge in [-0.1, -0.05) is 44.4 Å². The van der Waals surface area contributed by atoms with Crippen LogP contribution in [0.2, 0.25) is 0 Å². The van der Waals surface area contributed by atoms with E-state index in [2.05, 4.69) is 17.2 Å². The Labute approximate surface area is 213 Å². The maximum Gasteiger partial charge on any atom is 0.325 e. The number of para-hydroxylation sites is 1. The fraction of sp³-hybridized carbons (Fsp3) is 0.500. The quantitative estimate of drug-likeness (QED) is 0.568. The van der Waals surface area contributed by atoms with E-state index in [1.807, 2.05) is 31.2 Å². The predicted molar refractivity (Wildman–Crippen MR) is 140 cm³/mol. The van der Waals surface area contributed by atoms with Crippen LogP contribution in [0.25, 0.3) is 0 Å². The van der Waals surface area contributed by atoms with Gasteiger partial charge in [0.15, 0.2) is 0 Å². The normalized spacial score (nSPS) is 21.0. The van der Waals surface area contributed by atoms with Crippen LogP contribution in [0.4, 0.5) is 16.3 Å². The molecule has 1 unspecified atom stereocenters. The van der Waals surface area contributed by atoms with Gasteiger partial charge in [0.1, 0.15) is 11.9 Å². The molecule has 36 heavy (non-hydrogen) atoms. The molecule has 1 saturated carbocycles. The number of likely N-dealkylation sites (N-methyl/N-ethyl adjacent to an activating group) is 1. The lowest BCUT2D eigenvalue weighted by Crippen LogP contribution is -2.71. The summed E-state index contributed by atoms with van der Waals surface area (Å²) in [5, 5.41) is 3.10. The van der Waals surface area contributed by atoms with Crippen molar-refractivity contribution in [2.75, 3.05) is 17.7 Å². The Morgan fingerprint density at radius 1 is 1.19 bits per heavy atom. The number of hydrogen-bond acceptors (Lipinski definition) is 5. The van der Waals surface area contributed by atoms with Gasteiger partial charge < -0.3 is 16.0 Å². The molecule has 2 aromatic rings. The number of carbonyl (C=O) groups excluding carboxylic acids is 3. The largest absolute Gasteiger partial charge is 0.384 e. The molecule has 1 aliphatic carbocycles. The van der Waals surface area contributed by atoms with E-state index in [9.17, 15) is 14.4 Å². The Bertz CT molecular complexity index is 1110. The van der Waals surface area contributed by atoms with Crippen LogP contribution in [-0.2, 0) is 16.0 Å². The standard InChI is InChI=1S/C28H37N5O3/c1-4-22(20-11-6-5-7-12-20)31-28(36)33-25(27(35)32(3)23-13-9-8-10-18(23)2)21(26(33)34)16-19-14-15-30-24(29)17-19/h8-10,13-15,17,20-22,25H,4-7,11-12,16H2,1-3H3,(H2,29,30)(H,31,36)/t21?,22-,25+/m1/s1. The second-order valence-corrected chi connectivity index (χ2v) is 10.1. The Morgan fingerprint density at radius 3 is 2.58 bits per heavy atom. The summed E-state index contributed by atoms with van der Waals surface area (Å²) in [6.07, 6.45) is 8.42. The van der Waals surface area contributed by atoms with Crippen LogP contribution in [-0.4, -0.2) is 46.9 Å². The van der Waals surface area contributed by atoms with Crippen molar-refractivity contribution in [2.24, 2.45) is 11.8 Å². The molecule has 192 valence electrons. The van der Waals surface area contributed by atoms with E-state index in [4.69, 9.17) is 5.73 Å². The first kappa shape index (κ1) is 25.7. The summed E-state index contributed by atoms with van der Waals surface area (Å²) < 4.78 is 0. The van der Waals surface area contributed by atoms with Crippen LogP contribution in [0, 0.1) is 18.8 Å². The molecule has 0 radical (unpaired) electrons. The summed E-state index contributed by atoms with van der Waals surface area (Å²) in [5.74, 6) is -0.503. The molecular weight excluding hydrogens is 454 g/mol. The molecular formula is C28H37N5O3. The number of nitrogens with zero attached hydrogens (tertiary/aromatic N) is 3. The fourth-order valence-electron chi connectivity index (χ4n) is 5.71. The molecule has 2 heterocycles. The first-order valence-corrected chi connectivity index (χ1v) is 13.0. The third kappa shape index (κ3) is 5.22. The smallest absolute Gasteiger partial charge is 0.325 e. The average Bonchev–Trinajstić information content (AvgIpc) is 2.88. The zero-order chi connectivity index (χ0) is 25.8. The lowest BCUT2D eigenvalue weighted by molar-refractivity contribution is -0.156. The van der Waals surface area contributed by atoms with Crippen LogP contribution in [0.1, 0.15) is 56.6 Å². The number of rotatable bonds is 7. The van der Waals surface area contributed by atoms with E-state index >= 15 is 0 Å². The maximum atomic E-state index is 13.8. The molecule has 1 aromatic heterocycles. The summed E-state index contributed by atoms with van der Waals surface area (Å²) in [6.45, 7) is 3.99. The van der Waals surface area contributed by atoms with Gasteiger partial charge >= 0.3 is 6.03 Å². The molecule has 1 aliphatic heterocycles. The second kappa shape index (κ2) is 11.1. The lowest BCUT2D eigenvalue weighted by atomic mass is 9.81. The fourth-order valence-corrected chi connectivity index (χ4v) is 5.71. The minimum absolute atomic E-state index is 0.00510. The molecule has 0 bridgehead atoms. The van der Waals surface area contributed by atoms with Crippen molar-refractivity contribution in [3.63, 3.8) is 0 Å². The number of β-lactam (4-membered cyclic amide) rings is 1. The number of anilines is 2. The van der Waals surface area contributed by atoms with Crippen LogP contribution in [0.3, 0.4) is 0 Å². The highest BCUT2D eigenvalue weighted by atomic mass is 16.2. The summed E-state index contributed by atoms with van der Waals surface area (Å²) in [4.78, 5) is 47.2. The number of nitrogen functional groups attached to an aromatic ring is 1. The zero-order valence-corrected chi connectivity index (χ0v) is 21.4. The lowest BCUT2D eigenvalue weighted by Gasteiger charge is -2.46. The van der Waals surface area contributed by atoms with Crippen molar-refractivity contribution < 1.29 is 14.4 Å². The number of benzene rings is 1. The molecule has 0 spiro atoms. The molecule has 2 fully saturated rings. The van der Waals surface area contributed by atoms with Gasteiger partial charge in [-0.05, 0) is 67.9 Å². The van der Waals surface area contributed by atoms with Crippen molar-refractivity contribution >= 4 is 29.4 Å². The zero-order valence-electron chi connectivity index (χ0n) is 21.4. The third-order valence-electron chi connectivity index (χ3n) is 7.76. The minimum atomic E-state index is -0.889. The van der Waals surface area contributed by atoms with Gasteiger partial charge in [-0.3, -0.25) is 14.5 Å². The number of nitrogens with one attached hydrogen (secondary N) is 1. The van der Waals surface area contributed by atoms with Crippen LogP contribution < -0.4 is 16.0 Å². The Balaban J connectivity index is 1.58. The van der Waals surface area contributed by atoms with E-state index in [0.29, 0.717) is 18.2 Å². The number of urea groups is 1. The topological polar surface area (TPSA) is 109 Å². The number of aromatic nitrogens is 1. The summed E-state index contributed by atoms with van der Waals surface area (Å²) in [7, 11) is 1.70. The van der Waals surface area contributed by atoms with E-state index in [1.165, 1.54) is 19.3 Å². The van der Waals surface area contributed by atoms with Crippen molar-refractivity contribution in [1.82, 2.24) is 15.2 Å². The van der Waals surface area contributed by atoms with Gasteiger partial charge in [-0.2, -0.15) is 0 Å². The van der Waals surface area contributed by atoms with Crippen LogP contribution in [0.5, 0.6) is 0 Å². The maximum absolute atomic E-state index is 13.8. The van der Waals surface area contributed by atoms with Gasteiger partial charge in [0.25, 0.3) is 5.91 Å². The van der Waals surface area contributed by atoms with Crippen molar-refractivity contribution in [2.45, 2.75) is 70.9 Å². The predicted octanol–water partition coefficient (Wildman–Crippen LogP) is 4.07. The number of pyridine rings is 1. The van der Waals surface area contributed by atoms with Crippen molar-refractivity contribution in [3.05, 3.63) is 53.7 Å². The highest BCUT2D eigenvalue weighted by Crippen LogP contribution is 2.34.